The van der Waals surface area contributed by atoms with Gasteiger partial charge in [-0.25, -0.2) is 0 Å². The molecule has 0 radical (unpaired) electrons. The molecule has 2 saturated heterocycles. The second-order valence-corrected chi connectivity index (χ2v) is 9.64. The largest absolute Gasteiger partial charge is 0.497 e. The van der Waals surface area contributed by atoms with Gasteiger partial charge in [-0.1, -0.05) is 12.1 Å². The zero-order chi connectivity index (χ0) is 28.7. The van der Waals surface area contributed by atoms with E-state index in [0.717, 1.165) is 0 Å². The summed E-state index contributed by atoms with van der Waals surface area (Å²) in [6, 6.07) is 11.2. The molecule has 0 amide bonds. The maximum atomic E-state index is 13.1. The van der Waals surface area contributed by atoms with Gasteiger partial charge in [-0.15, -0.1) is 0 Å². The fourth-order valence-electron chi connectivity index (χ4n) is 4.57. The summed E-state index contributed by atoms with van der Waals surface area (Å²) in [4.78, 5) is 13.1. The summed E-state index contributed by atoms with van der Waals surface area (Å²) in [5.74, 6) is 0.738. The predicted molar refractivity (Wildman–Crippen MR) is 135 cm³/mol. The molecule has 3 heterocycles. The van der Waals surface area contributed by atoms with Crippen LogP contribution in [0.2, 0.25) is 0 Å². The van der Waals surface area contributed by atoms with Gasteiger partial charge < -0.3 is 58.7 Å². The Kier molecular flexibility index (Phi) is 8.10. The van der Waals surface area contributed by atoms with Crippen LogP contribution in [-0.4, -0.2) is 99.3 Å². The molecule has 0 saturated carbocycles. The van der Waals surface area contributed by atoms with Crippen molar-refractivity contribution in [2.45, 2.75) is 68.5 Å². The van der Waals surface area contributed by atoms with Crippen LogP contribution in [0, 0.1) is 0 Å². The lowest BCUT2D eigenvalue weighted by Gasteiger charge is -2.44. The van der Waals surface area contributed by atoms with E-state index in [1.54, 1.807) is 31.4 Å². The number of hydrogen-bond acceptors (Lipinski definition) is 13. The number of aliphatic hydroxyl groups is 6. The van der Waals surface area contributed by atoms with E-state index in [0.29, 0.717) is 16.9 Å². The second kappa shape index (κ2) is 11.4. The fraction of sp³-hybridized carbons (Fsp3) is 0.444. The Hall–Kier alpha value is -3.11. The van der Waals surface area contributed by atoms with Crippen molar-refractivity contribution in [3.8, 4) is 22.6 Å². The number of methoxy groups -OCH3 is 1. The highest BCUT2D eigenvalue weighted by atomic mass is 16.8. The molecule has 2 aromatic carbocycles. The molecule has 10 unspecified atom stereocenters. The molecule has 5 rings (SSSR count). The minimum absolute atomic E-state index is 0.0976. The summed E-state index contributed by atoms with van der Waals surface area (Å²) in [7, 11) is 1.54. The molecule has 6 N–H and O–H groups in total. The summed E-state index contributed by atoms with van der Waals surface area (Å²) in [5, 5.41) is 61.6. The van der Waals surface area contributed by atoms with Gasteiger partial charge in [0.25, 0.3) is 0 Å². The van der Waals surface area contributed by atoms with Crippen molar-refractivity contribution in [2.75, 3.05) is 7.11 Å². The van der Waals surface area contributed by atoms with Gasteiger partial charge >= 0.3 is 0 Å². The van der Waals surface area contributed by atoms with E-state index in [2.05, 4.69) is 0 Å². The molecule has 2 fully saturated rings. The molecular formula is C27H30O13. The third kappa shape index (κ3) is 5.31. The second-order valence-electron chi connectivity index (χ2n) is 9.64. The zero-order valence-corrected chi connectivity index (χ0v) is 21.4. The number of aliphatic hydroxyl groups excluding tert-OH is 6. The maximum absolute atomic E-state index is 13.1. The van der Waals surface area contributed by atoms with Crippen LogP contribution < -0.4 is 14.9 Å². The maximum Gasteiger partial charge on any atom is 0.231 e. The average molecular weight is 563 g/mol. The van der Waals surface area contributed by atoms with Gasteiger partial charge in [0, 0.05) is 6.07 Å². The summed E-state index contributed by atoms with van der Waals surface area (Å²) in [6.45, 7) is 1.44. The highest BCUT2D eigenvalue weighted by molar-refractivity contribution is 5.82. The Morgan fingerprint density at radius 1 is 0.725 bits per heavy atom. The average Bonchev–Trinajstić information content (AvgIpc) is 2.96. The van der Waals surface area contributed by atoms with Crippen molar-refractivity contribution in [3.63, 3.8) is 0 Å². The standard InChI is InChI=1S/C27H30O13/c1-11-18(28)20(30)22(32)25(37-11)39-27-24(34)21(31)23(33)26(40-27)38-14-7-8-15-17(9-14)36-10-16(19(15)29)12-3-5-13(35-2)6-4-12/h3-11,18,20-28,30-34H,1-2H3. The van der Waals surface area contributed by atoms with E-state index in [9.17, 15) is 35.4 Å². The van der Waals surface area contributed by atoms with Crippen molar-refractivity contribution in [2.24, 2.45) is 0 Å². The van der Waals surface area contributed by atoms with Crippen LogP contribution in [0.3, 0.4) is 0 Å². The van der Waals surface area contributed by atoms with E-state index in [-0.39, 0.29) is 22.1 Å². The Morgan fingerprint density at radius 2 is 1.32 bits per heavy atom. The highest BCUT2D eigenvalue weighted by Gasteiger charge is 2.49. The number of ether oxygens (including phenoxy) is 5. The number of rotatable bonds is 6. The first-order valence-electron chi connectivity index (χ1n) is 12.5. The Labute approximate surface area is 227 Å². The quantitative estimate of drug-likeness (QED) is 0.224. The molecule has 13 heteroatoms. The molecule has 0 bridgehead atoms. The third-order valence-corrected chi connectivity index (χ3v) is 7.00. The van der Waals surface area contributed by atoms with Gasteiger partial charge in [-0.2, -0.15) is 0 Å². The van der Waals surface area contributed by atoms with Crippen LogP contribution in [0.5, 0.6) is 11.5 Å². The summed E-state index contributed by atoms with van der Waals surface area (Å²) in [5.41, 5.74) is 0.869. The van der Waals surface area contributed by atoms with Crippen LogP contribution in [0.1, 0.15) is 6.92 Å². The number of fused-ring (bicyclic) bond motifs is 1. The molecule has 10 atom stereocenters. The van der Waals surface area contributed by atoms with Crippen molar-refractivity contribution < 1.29 is 58.7 Å². The molecule has 0 aliphatic carbocycles. The Balaban J connectivity index is 1.34. The predicted octanol–water partition coefficient (Wildman–Crippen LogP) is -0.543. The lowest BCUT2D eigenvalue weighted by Crippen LogP contribution is -2.63. The number of benzene rings is 2. The van der Waals surface area contributed by atoms with Gasteiger partial charge in [0.05, 0.1) is 24.2 Å². The molecule has 0 spiro atoms. The van der Waals surface area contributed by atoms with Gasteiger partial charge in [0.1, 0.15) is 60.0 Å². The molecule has 1 aromatic heterocycles. The van der Waals surface area contributed by atoms with E-state index >= 15 is 0 Å². The third-order valence-electron chi connectivity index (χ3n) is 7.00. The van der Waals surface area contributed by atoms with Crippen LogP contribution in [-0.2, 0) is 14.2 Å². The molecule has 2 aliphatic rings. The monoisotopic (exact) mass is 562 g/mol. The summed E-state index contributed by atoms with van der Waals surface area (Å²) < 4.78 is 32.8. The van der Waals surface area contributed by atoms with Crippen molar-refractivity contribution >= 4 is 11.0 Å². The van der Waals surface area contributed by atoms with Crippen LogP contribution >= 0.6 is 0 Å². The van der Waals surface area contributed by atoms with Crippen molar-refractivity contribution in [3.05, 3.63) is 59.0 Å². The molecular weight excluding hydrogens is 532 g/mol. The summed E-state index contributed by atoms with van der Waals surface area (Å²) >= 11 is 0. The van der Waals surface area contributed by atoms with Gasteiger partial charge in [0.2, 0.25) is 6.29 Å². The number of hydrogen-bond donors (Lipinski definition) is 6. The molecule has 13 nitrogen and oxygen atoms in total. The lowest BCUT2D eigenvalue weighted by atomic mass is 10.00. The first-order valence-corrected chi connectivity index (χ1v) is 12.5. The van der Waals surface area contributed by atoms with Crippen molar-refractivity contribution in [1.82, 2.24) is 0 Å². The molecule has 3 aromatic rings. The Bertz CT molecular complexity index is 1380. The molecule has 40 heavy (non-hydrogen) atoms. The first-order chi connectivity index (χ1) is 19.1. The van der Waals surface area contributed by atoms with E-state index in [1.165, 1.54) is 31.4 Å². The normalized spacial score (nSPS) is 34.5. The Morgan fingerprint density at radius 3 is 2.00 bits per heavy atom. The zero-order valence-electron chi connectivity index (χ0n) is 21.4. The minimum Gasteiger partial charge on any atom is -0.497 e. The van der Waals surface area contributed by atoms with E-state index in [1.807, 2.05) is 0 Å². The highest BCUT2D eigenvalue weighted by Crippen LogP contribution is 2.30. The van der Waals surface area contributed by atoms with E-state index < -0.39 is 61.6 Å². The topological polar surface area (TPSA) is 198 Å². The lowest BCUT2D eigenvalue weighted by molar-refractivity contribution is -0.388. The van der Waals surface area contributed by atoms with Gasteiger partial charge in [-0.3, -0.25) is 4.79 Å². The minimum atomic E-state index is -1.79. The summed E-state index contributed by atoms with van der Waals surface area (Å²) in [6.07, 6.45) is -14.4. The van der Waals surface area contributed by atoms with Crippen molar-refractivity contribution in [1.29, 1.82) is 0 Å². The van der Waals surface area contributed by atoms with Crippen LogP contribution in [0.15, 0.2) is 57.9 Å². The van der Waals surface area contributed by atoms with Crippen LogP contribution in [0.25, 0.3) is 22.1 Å². The van der Waals surface area contributed by atoms with Crippen LogP contribution in [0.4, 0.5) is 0 Å². The molecule has 2 aliphatic heterocycles. The SMILES string of the molecule is COc1ccc(-c2coc3cc(OC4OC(OC5OC(C)C(O)C(O)C5O)C(O)C(O)C4O)ccc3c2=O)cc1. The first kappa shape index (κ1) is 28.4. The fourth-order valence-corrected chi connectivity index (χ4v) is 4.57. The van der Waals surface area contributed by atoms with Gasteiger partial charge in [-0.05, 0) is 36.8 Å². The smallest absolute Gasteiger partial charge is 0.231 e. The van der Waals surface area contributed by atoms with Gasteiger partial charge in [0.15, 0.2) is 18.0 Å². The molecule has 216 valence electrons. The van der Waals surface area contributed by atoms with E-state index in [4.69, 9.17) is 28.1 Å².